The number of rotatable bonds is 17. The van der Waals surface area contributed by atoms with E-state index in [9.17, 15) is 19.2 Å². The van der Waals surface area contributed by atoms with Crippen LogP contribution in [0.2, 0.25) is 0 Å². The van der Waals surface area contributed by atoms with E-state index in [1.54, 1.807) is 36.4 Å². The first-order valence-corrected chi connectivity index (χ1v) is 22.4. The maximum atomic E-state index is 14.0. The Morgan fingerprint density at radius 3 is 1.38 bits per heavy atom. The van der Waals surface area contributed by atoms with Crippen molar-refractivity contribution in [3.05, 3.63) is 60.4 Å². The number of nitrogens with one attached hydrogen (secondary N) is 4. The molecule has 18 nitrogen and oxygen atoms in total. The molecule has 2 aromatic carbocycles. The number of H-pyrrole nitrogens is 2. The van der Waals surface area contributed by atoms with Crippen molar-refractivity contribution in [1.29, 1.82) is 0 Å². The molecule has 2 aliphatic rings. The predicted octanol–water partition coefficient (Wildman–Crippen LogP) is 7.05. The van der Waals surface area contributed by atoms with Crippen LogP contribution in [-0.2, 0) is 28.5 Å². The van der Waals surface area contributed by atoms with Gasteiger partial charge in [0.2, 0.25) is 11.8 Å². The molecule has 4 unspecified atom stereocenters. The van der Waals surface area contributed by atoms with E-state index in [1.165, 1.54) is 14.2 Å². The van der Waals surface area contributed by atoms with Crippen LogP contribution < -0.4 is 20.1 Å². The highest BCUT2D eigenvalue weighted by molar-refractivity contribution is 5.88. The summed E-state index contributed by atoms with van der Waals surface area (Å²) in [7, 11) is 5.80. The largest absolute Gasteiger partial charge is 0.491 e. The monoisotopic (exact) mass is 914 g/mol. The zero-order valence-electron chi connectivity index (χ0n) is 39.9. The van der Waals surface area contributed by atoms with Crippen LogP contribution in [0.15, 0.2) is 48.8 Å². The number of alkyl carbamates (subject to hydrolysis) is 2. The molecular formula is C48H66N8O10. The van der Waals surface area contributed by atoms with E-state index in [0.29, 0.717) is 75.5 Å². The van der Waals surface area contributed by atoms with Crippen LogP contribution in [0.3, 0.4) is 0 Å². The van der Waals surface area contributed by atoms with Crippen LogP contribution in [0.4, 0.5) is 9.59 Å². The van der Waals surface area contributed by atoms with Crippen molar-refractivity contribution in [1.82, 2.24) is 40.4 Å². The molecule has 4 atom stereocenters. The zero-order chi connectivity index (χ0) is 47.8. The van der Waals surface area contributed by atoms with E-state index >= 15 is 0 Å². The molecule has 4 heterocycles. The number of aromatic nitrogens is 4. The van der Waals surface area contributed by atoms with E-state index in [2.05, 4.69) is 20.6 Å². The SMILES string of the molecule is COCCOc1cc(-c2cnc(C3CCCN3C(=O)C(NC(=O)OC)C(C)(C)C)[nH]2)ccc1-c1ccc(-c2cnc(C3CCCN3C(=O)C(NC(=O)OC)C(C)(C)C)[nH]2)cc1OCCOC. The number of nitrogens with zero attached hydrogens (tertiary/aromatic N) is 4. The average Bonchev–Trinajstić information content (AvgIpc) is 4.13. The molecule has 0 aliphatic carbocycles. The lowest BCUT2D eigenvalue weighted by Gasteiger charge is -2.35. The molecule has 0 spiro atoms. The molecular weight excluding hydrogens is 849 g/mol. The Balaban J connectivity index is 1.29. The highest BCUT2D eigenvalue weighted by atomic mass is 16.5. The fourth-order valence-corrected chi connectivity index (χ4v) is 8.45. The molecule has 2 saturated heterocycles. The Labute approximate surface area is 386 Å². The van der Waals surface area contributed by atoms with Crippen molar-refractivity contribution in [3.63, 3.8) is 0 Å². The molecule has 4 amide bonds. The molecule has 66 heavy (non-hydrogen) atoms. The number of aromatic amines is 2. The highest BCUT2D eigenvalue weighted by Crippen LogP contribution is 2.42. The lowest BCUT2D eigenvalue weighted by atomic mass is 9.85. The van der Waals surface area contributed by atoms with E-state index in [-0.39, 0.29) is 23.9 Å². The van der Waals surface area contributed by atoms with Gasteiger partial charge < -0.3 is 58.8 Å². The third-order valence-corrected chi connectivity index (χ3v) is 12.0. The number of benzene rings is 2. The van der Waals surface area contributed by atoms with Crippen molar-refractivity contribution in [2.75, 3.05) is 68.0 Å². The number of imidazole rings is 2. The first-order valence-electron chi connectivity index (χ1n) is 22.4. The molecule has 2 fully saturated rings. The fourth-order valence-electron chi connectivity index (χ4n) is 8.45. The third-order valence-electron chi connectivity index (χ3n) is 12.0. The van der Waals surface area contributed by atoms with Crippen LogP contribution in [0.5, 0.6) is 11.5 Å². The van der Waals surface area contributed by atoms with E-state index < -0.39 is 35.1 Å². The number of amides is 4. The van der Waals surface area contributed by atoms with Crippen molar-refractivity contribution in [2.24, 2.45) is 10.8 Å². The van der Waals surface area contributed by atoms with E-state index in [0.717, 1.165) is 46.5 Å². The molecule has 2 aliphatic heterocycles. The van der Waals surface area contributed by atoms with Gasteiger partial charge in [0.05, 0.1) is 63.3 Å². The third kappa shape index (κ3) is 11.4. The summed E-state index contributed by atoms with van der Waals surface area (Å²) < 4.78 is 33.1. The Morgan fingerprint density at radius 1 is 0.636 bits per heavy atom. The molecule has 358 valence electrons. The number of hydrogen-bond acceptors (Lipinski definition) is 12. The van der Waals surface area contributed by atoms with Gasteiger partial charge in [-0.3, -0.25) is 9.59 Å². The fraction of sp³-hybridized carbons (Fsp3) is 0.542. The molecule has 4 aromatic rings. The summed E-state index contributed by atoms with van der Waals surface area (Å²) in [4.78, 5) is 72.4. The number of carbonyl (C=O) groups is 4. The van der Waals surface area contributed by atoms with Crippen molar-refractivity contribution < 1.29 is 47.6 Å². The van der Waals surface area contributed by atoms with Gasteiger partial charge in [0.1, 0.15) is 48.4 Å². The van der Waals surface area contributed by atoms with Crippen molar-refractivity contribution >= 4 is 24.0 Å². The molecule has 6 rings (SSSR count). The smallest absolute Gasteiger partial charge is 0.407 e. The maximum absolute atomic E-state index is 14.0. The number of likely N-dealkylation sites (tertiary alicyclic amines) is 2. The number of ether oxygens (including phenoxy) is 6. The number of hydrogen-bond donors (Lipinski definition) is 4. The molecule has 4 N–H and O–H groups in total. The summed E-state index contributed by atoms with van der Waals surface area (Å²) in [6.07, 6.45) is 5.21. The first kappa shape index (κ1) is 49.3. The van der Waals surface area contributed by atoms with Gasteiger partial charge in [0, 0.05) is 49.6 Å². The molecule has 18 heteroatoms. The lowest BCUT2D eigenvalue weighted by Crippen LogP contribution is -2.54. The summed E-state index contributed by atoms with van der Waals surface area (Å²) in [6, 6.07) is 9.63. The van der Waals surface area contributed by atoms with Gasteiger partial charge in [-0.15, -0.1) is 0 Å². The van der Waals surface area contributed by atoms with Gasteiger partial charge in [-0.05, 0) is 60.8 Å². The Kier molecular flexibility index (Phi) is 16.0. The number of carbonyl (C=O) groups excluding carboxylic acids is 4. The predicted molar refractivity (Wildman–Crippen MR) is 247 cm³/mol. The Morgan fingerprint density at radius 2 is 1.03 bits per heavy atom. The summed E-state index contributed by atoms with van der Waals surface area (Å²) >= 11 is 0. The van der Waals surface area contributed by atoms with Gasteiger partial charge >= 0.3 is 12.2 Å². The molecule has 2 aromatic heterocycles. The second-order valence-electron chi connectivity index (χ2n) is 18.7. The van der Waals surface area contributed by atoms with Gasteiger partial charge in [0.15, 0.2) is 0 Å². The van der Waals surface area contributed by atoms with Gasteiger partial charge in [-0.2, -0.15) is 0 Å². The summed E-state index contributed by atoms with van der Waals surface area (Å²) in [5.74, 6) is 2.10. The summed E-state index contributed by atoms with van der Waals surface area (Å²) in [5, 5.41) is 5.48. The van der Waals surface area contributed by atoms with Gasteiger partial charge in [0.25, 0.3) is 0 Å². The summed E-state index contributed by atoms with van der Waals surface area (Å²) in [5.41, 5.74) is 3.57. The van der Waals surface area contributed by atoms with Crippen LogP contribution in [-0.4, -0.2) is 134 Å². The second kappa shape index (κ2) is 21.4. The standard InChI is InChI=1S/C48H66N8O10/c1-47(2,3)39(53-45(59)63-9)43(57)55-19-11-13-35(55)41-49-27-33(51-41)29-15-17-31(37(25-29)65-23-21-61-7)32-18-16-30(26-38(32)66-24-22-62-8)34-28-50-42(52-34)36-14-12-20-56(36)44(58)40(48(4,5)6)54-46(60)64-10/h15-18,25-28,35-36,39-40H,11-14,19-24H2,1-10H3,(H,49,51)(H,50,52)(H,53,59)(H,54,60). The quantitative estimate of drug-likeness (QED) is 0.0785. The zero-order valence-corrected chi connectivity index (χ0v) is 39.9. The van der Waals surface area contributed by atoms with Gasteiger partial charge in [-0.1, -0.05) is 53.7 Å². The van der Waals surface area contributed by atoms with E-state index in [1.807, 2.05) is 77.9 Å². The Hall–Kier alpha value is -6.14. The van der Waals surface area contributed by atoms with Crippen molar-refractivity contribution in [3.8, 4) is 45.1 Å². The van der Waals surface area contributed by atoms with E-state index in [4.69, 9.17) is 38.4 Å². The Bertz CT molecular complexity index is 2150. The molecule has 0 saturated carbocycles. The normalized spacial score (nSPS) is 17.3. The average molecular weight is 915 g/mol. The van der Waals surface area contributed by atoms with Crippen LogP contribution in [0, 0.1) is 10.8 Å². The van der Waals surface area contributed by atoms with Crippen LogP contribution in [0.1, 0.15) is 91.0 Å². The second-order valence-corrected chi connectivity index (χ2v) is 18.7. The first-order chi connectivity index (χ1) is 31.5. The van der Waals surface area contributed by atoms with Crippen molar-refractivity contribution in [2.45, 2.75) is 91.4 Å². The van der Waals surface area contributed by atoms with Crippen LogP contribution >= 0.6 is 0 Å². The van der Waals surface area contributed by atoms with Gasteiger partial charge in [-0.25, -0.2) is 19.6 Å². The lowest BCUT2D eigenvalue weighted by molar-refractivity contribution is -0.137. The highest BCUT2D eigenvalue weighted by Gasteiger charge is 2.43. The number of methoxy groups -OCH3 is 4. The maximum Gasteiger partial charge on any atom is 0.407 e. The van der Waals surface area contributed by atoms with Crippen LogP contribution in [0.25, 0.3) is 33.6 Å². The molecule has 0 bridgehead atoms. The minimum atomic E-state index is -0.792. The minimum Gasteiger partial charge on any atom is -0.491 e. The molecule has 0 radical (unpaired) electrons. The minimum absolute atomic E-state index is 0.192. The topological polar surface area (TPSA) is 212 Å². The summed E-state index contributed by atoms with van der Waals surface area (Å²) in [6.45, 7) is 13.8.